The highest BCUT2D eigenvalue weighted by Crippen LogP contribution is 2.06. The Bertz CT molecular complexity index is 231. The lowest BCUT2D eigenvalue weighted by atomic mass is 11.0. The van der Waals surface area contributed by atoms with Gasteiger partial charge < -0.3 is 4.90 Å². The standard InChI is InChI=1S/C4H5NO2S/c1-2-5-3-4(5)8(6)7/h2H,1,3H2. The van der Waals surface area contributed by atoms with Crippen molar-refractivity contribution in [1.29, 1.82) is 0 Å². The highest BCUT2D eigenvalue weighted by atomic mass is 32.2. The molecular weight excluding hydrogens is 126 g/mol. The maximum atomic E-state index is 10.0. The minimum atomic E-state index is -2.01. The maximum Gasteiger partial charge on any atom is 0.236 e. The van der Waals surface area contributed by atoms with Gasteiger partial charge in [-0.2, -0.15) is 8.42 Å². The molecule has 0 saturated carbocycles. The van der Waals surface area contributed by atoms with Gasteiger partial charge in [0.1, 0.15) is 0 Å². The molecule has 44 valence electrons. The summed E-state index contributed by atoms with van der Waals surface area (Å²) in [6.45, 7) is 3.91. The van der Waals surface area contributed by atoms with Crippen LogP contribution in [0.15, 0.2) is 12.8 Å². The Morgan fingerprint density at radius 1 is 1.75 bits per heavy atom. The minimum absolute atomic E-state index is 0.431. The Balaban J connectivity index is 2.89. The van der Waals surface area contributed by atoms with E-state index in [0.29, 0.717) is 11.5 Å². The van der Waals surface area contributed by atoms with E-state index in [1.165, 1.54) is 6.20 Å². The zero-order valence-electron chi connectivity index (χ0n) is 4.16. The Kier molecular flexibility index (Phi) is 1.09. The number of hydrogen-bond donors (Lipinski definition) is 0. The van der Waals surface area contributed by atoms with Crippen LogP contribution in [0.5, 0.6) is 0 Å². The summed E-state index contributed by atoms with van der Waals surface area (Å²) < 4.78 is 20.0. The van der Waals surface area contributed by atoms with E-state index in [0.717, 1.165) is 0 Å². The molecular formula is C4H5NO2S. The molecule has 1 aliphatic rings. The van der Waals surface area contributed by atoms with Gasteiger partial charge >= 0.3 is 0 Å². The Hall–Kier alpha value is -0.770. The van der Waals surface area contributed by atoms with Gasteiger partial charge in [0.05, 0.1) is 6.54 Å². The third kappa shape index (κ3) is 0.742. The largest absolute Gasteiger partial charge is 0.331 e. The quantitative estimate of drug-likeness (QED) is 0.354. The fourth-order valence-corrected chi connectivity index (χ4v) is 0.936. The van der Waals surface area contributed by atoms with Crippen molar-refractivity contribution in [2.24, 2.45) is 0 Å². The minimum Gasteiger partial charge on any atom is -0.331 e. The van der Waals surface area contributed by atoms with Crippen molar-refractivity contribution in [3.63, 3.8) is 0 Å². The van der Waals surface area contributed by atoms with Crippen LogP contribution in [0.3, 0.4) is 0 Å². The molecule has 1 rings (SSSR count). The maximum absolute atomic E-state index is 10.0. The van der Waals surface area contributed by atoms with Gasteiger partial charge in [-0.3, -0.25) is 0 Å². The molecule has 1 saturated heterocycles. The molecule has 0 atom stereocenters. The van der Waals surface area contributed by atoms with E-state index >= 15 is 0 Å². The highest BCUT2D eigenvalue weighted by molar-refractivity contribution is 7.73. The summed E-state index contributed by atoms with van der Waals surface area (Å²) in [5, 5.41) is 0. The van der Waals surface area contributed by atoms with E-state index in [1.54, 1.807) is 4.90 Å². The van der Waals surface area contributed by atoms with Gasteiger partial charge in [-0.25, -0.2) is 0 Å². The molecule has 0 aromatic carbocycles. The Morgan fingerprint density at radius 2 is 2.38 bits per heavy atom. The van der Waals surface area contributed by atoms with E-state index in [-0.39, 0.29) is 0 Å². The summed E-state index contributed by atoms with van der Waals surface area (Å²) in [5.74, 6) is 0. The van der Waals surface area contributed by atoms with Gasteiger partial charge in [-0.1, -0.05) is 6.58 Å². The first-order chi connectivity index (χ1) is 3.75. The van der Waals surface area contributed by atoms with Gasteiger partial charge in [0, 0.05) is 0 Å². The van der Waals surface area contributed by atoms with Gasteiger partial charge in [0.25, 0.3) is 0 Å². The monoisotopic (exact) mass is 131 g/mol. The fourth-order valence-electron chi connectivity index (χ4n) is 0.425. The van der Waals surface area contributed by atoms with Crippen LogP contribution in [0.2, 0.25) is 0 Å². The third-order valence-corrected chi connectivity index (χ3v) is 1.68. The van der Waals surface area contributed by atoms with Crippen LogP contribution in [-0.2, 0) is 10.3 Å². The summed E-state index contributed by atoms with van der Waals surface area (Å²) in [6, 6.07) is 0. The molecule has 1 fully saturated rings. The summed E-state index contributed by atoms with van der Waals surface area (Å²) >= 11 is 0. The van der Waals surface area contributed by atoms with Gasteiger partial charge in [-0.05, 0) is 6.20 Å². The van der Waals surface area contributed by atoms with Gasteiger partial charge in [-0.15, -0.1) is 0 Å². The molecule has 3 nitrogen and oxygen atoms in total. The number of hydrogen-bond acceptors (Lipinski definition) is 2. The van der Waals surface area contributed by atoms with Crippen molar-refractivity contribution in [2.45, 2.75) is 0 Å². The molecule has 0 unspecified atom stereocenters. The molecule has 1 aliphatic heterocycles. The molecule has 0 amide bonds. The van der Waals surface area contributed by atoms with Crippen LogP contribution in [0, 0.1) is 0 Å². The van der Waals surface area contributed by atoms with Crippen molar-refractivity contribution in [2.75, 3.05) is 6.54 Å². The predicted molar refractivity (Wildman–Crippen MR) is 30.8 cm³/mol. The second-order valence-corrected chi connectivity index (χ2v) is 2.38. The number of nitrogens with zero attached hydrogens (tertiary/aromatic N) is 1. The zero-order chi connectivity index (χ0) is 6.15. The van der Waals surface area contributed by atoms with E-state index in [4.69, 9.17) is 0 Å². The lowest BCUT2D eigenvalue weighted by Crippen LogP contribution is -1.82. The molecule has 0 aromatic rings. The predicted octanol–water partition coefficient (Wildman–Crippen LogP) is -0.545. The second-order valence-electron chi connectivity index (χ2n) is 1.44. The molecule has 4 heteroatoms. The van der Waals surface area contributed by atoms with Crippen molar-refractivity contribution in [3.8, 4) is 0 Å². The van der Waals surface area contributed by atoms with Crippen LogP contribution < -0.4 is 0 Å². The molecule has 8 heavy (non-hydrogen) atoms. The molecule has 0 N–H and O–H groups in total. The van der Waals surface area contributed by atoms with E-state index in [1.807, 2.05) is 0 Å². The van der Waals surface area contributed by atoms with Crippen molar-refractivity contribution in [1.82, 2.24) is 4.90 Å². The lowest BCUT2D eigenvalue weighted by molar-refractivity contribution is 0.626. The average Bonchev–Trinajstić information content (AvgIpc) is 2.42. The van der Waals surface area contributed by atoms with E-state index in [2.05, 4.69) is 6.58 Å². The summed E-state index contributed by atoms with van der Waals surface area (Å²) in [4.78, 5) is 1.99. The topological polar surface area (TPSA) is 37.1 Å². The zero-order valence-corrected chi connectivity index (χ0v) is 4.98. The number of rotatable bonds is 1. The molecule has 0 spiro atoms. The summed E-state index contributed by atoms with van der Waals surface area (Å²) in [5.41, 5.74) is 0. The second kappa shape index (κ2) is 1.63. The molecule has 0 aromatic heterocycles. The first kappa shape index (κ1) is 5.37. The highest BCUT2D eigenvalue weighted by Gasteiger charge is 2.25. The lowest BCUT2D eigenvalue weighted by Gasteiger charge is -1.76. The summed E-state index contributed by atoms with van der Waals surface area (Å²) in [6.07, 6.45) is 1.49. The summed E-state index contributed by atoms with van der Waals surface area (Å²) in [7, 11) is -2.01. The first-order valence-corrected chi connectivity index (χ1v) is 3.17. The van der Waals surface area contributed by atoms with Crippen molar-refractivity contribution < 1.29 is 8.42 Å². The van der Waals surface area contributed by atoms with Crippen LogP contribution >= 0.6 is 0 Å². The molecule has 0 radical (unpaired) electrons. The Labute approximate surface area is 48.8 Å². The van der Waals surface area contributed by atoms with Gasteiger partial charge in [0.15, 0.2) is 4.99 Å². The molecule has 0 bridgehead atoms. The smallest absolute Gasteiger partial charge is 0.236 e. The van der Waals surface area contributed by atoms with Crippen LogP contribution in [0.4, 0.5) is 0 Å². The SMILES string of the molecule is C=CN1CC1=S(=O)=O. The third-order valence-electron chi connectivity index (χ3n) is 0.935. The van der Waals surface area contributed by atoms with E-state index < -0.39 is 10.3 Å². The molecule has 1 heterocycles. The van der Waals surface area contributed by atoms with Crippen LogP contribution in [-0.4, -0.2) is 24.9 Å². The van der Waals surface area contributed by atoms with Crippen molar-refractivity contribution in [3.05, 3.63) is 12.8 Å². The fraction of sp³-hybridized carbons (Fsp3) is 0.250. The first-order valence-electron chi connectivity index (χ1n) is 2.10. The van der Waals surface area contributed by atoms with Crippen LogP contribution in [0.1, 0.15) is 0 Å². The van der Waals surface area contributed by atoms with Crippen molar-refractivity contribution >= 4 is 15.3 Å². The average molecular weight is 131 g/mol. The van der Waals surface area contributed by atoms with Crippen LogP contribution in [0.25, 0.3) is 0 Å². The normalized spacial score (nSPS) is 16.0. The van der Waals surface area contributed by atoms with Gasteiger partial charge in [0.2, 0.25) is 10.3 Å². The Morgan fingerprint density at radius 3 is 2.50 bits per heavy atom. The van der Waals surface area contributed by atoms with E-state index in [9.17, 15) is 8.42 Å². The molecule has 0 aliphatic carbocycles.